The smallest absolute Gasteiger partial charge is 0.264 e. The van der Waals surface area contributed by atoms with Crippen LogP contribution in [-0.4, -0.2) is 49.6 Å². The predicted molar refractivity (Wildman–Crippen MR) is 114 cm³/mol. The Labute approximate surface area is 177 Å². The molecule has 1 saturated heterocycles. The maximum absolute atomic E-state index is 13.6. The van der Waals surface area contributed by atoms with Gasteiger partial charge in [-0.25, -0.2) is 8.42 Å². The fraction of sp³-hybridized carbons (Fsp3) is 0.435. The Hall–Kier alpha value is -2.38. The minimum atomic E-state index is -3.77. The van der Waals surface area contributed by atoms with E-state index in [4.69, 9.17) is 0 Å². The third-order valence-corrected chi connectivity index (χ3v) is 8.45. The van der Waals surface area contributed by atoms with Crippen LogP contribution in [0.1, 0.15) is 36.3 Å². The third kappa shape index (κ3) is 3.03. The molecule has 0 radical (unpaired) electrons. The van der Waals surface area contributed by atoms with Crippen LogP contribution in [0, 0.1) is 12.8 Å². The first-order valence-corrected chi connectivity index (χ1v) is 12.0. The number of fused-ring (bicyclic) bond motifs is 3. The third-order valence-electron chi connectivity index (χ3n) is 6.67. The van der Waals surface area contributed by atoms with Crippen molar-refractivity contribution >= 4 is 21.6 Å². The molecule has 1 amide bonds. The highest BCUT2D eigenvalue weighted by atomic mass is 32.2. The fourth-order valence-electron chi connectivity index (χ4n) is 5.00. The van der Waals surface area contributed by atoms with Gasteiger partial charge in [0, 0.05) is 12.3 Å². The molecule has 3 atom stereocenters. The number of aliphatic hydroxyl groups excluding tert-OH is 1. The lowest BCUT2D eigenvalue weighted by Gasteiger charge is -2.59. The largest absolute Gasteiger partial charge is 0.394 e. The maximum atomic E-state index is 13.6. The summed E-state index contributed by atoms with van der Waals surface area (Å²) in [6.07, 6.45) is 2.65. The van der Waals surface area contributed by atoms with E-state index in [2.05, 4.69) is 0 Å². The molecule has 1 saturated carbocycles. The number of carbonyl (C=O) groups is 1. The zero-order valence-corrected chi connectivity index (χ0v) is 17.8. The van der Waals surface area contributed by atoms with Gasteiger partial charge in [-0.15, -0.1) is 0 Å². The molecule has 2 aromatic rings. The number of nitrogens with zero attached hydrogens (tertiary/aromatic N) is 2. The van der Waals surface area contributed by atoms with Crippen molar-refractivity contribution in [1.29, 1.82) is 0 Å². The number of hydrogen-bond donors (Lipinski definition) is 1. The molecule has 0 spiro atoms. The molecule has 5 rings (SSSR count). The molecular weight excluding hydrogens is 400 g/mol. The van der Waals surface area contributed by atoms with Crippen molar-refractivity contribution in [3.63, 3.8) is 0 Å². The lowest BCUT2D eigenvalue weighted by molar-refractivity contribution is -0.150. The van der Waals surface area contributed by atoms with Crippen LogP contribution in [0.15, 0.2) is 53.4 Å². The quantitative estimate of drug-likeness (QED) is 0.797. The van der Waals surface area contributed by atoms with Gasteiger partial charge in [-0.1, -0.05) is 30.3 Å². The number of amides is 1. The van der Waals surface area contributed by atoms with E-state index in [1.807, 2.05) is 37.3 Å². The lowest BCUT2D eigenvalue weighted by atomic mass is 9.72. The first kappa shape index (κ1) is 19.6. The van der Waals surface area contributed by atoms with E-state index in [9.17, 15) is 18.3 Å². The molecule has 1 aliphatic carbocycles. The van der Waals surface area contributed by atoms with Gasteiger partial charge < -0.3 is 10.0 Å². The second-order valence-electron chi connectivity index (χ2n) is 8.70. The van der Waals surface area contributed by atoms with Gasteiger partial charge in [0.15, 0.2) is 0 Å². The summed E-state index contributed by atoms with van der Waals surface area (Å²) in [6, 6.07) is 13.9. The van der Waals surface area contributed by atoms with Gasteiger partial charge in [0.1, 0.15) is 0 Å². The topological polar surface area (TPSA) is 77.9 Å². The Morgan fingerprint density at radius 3 is 2.60 bits per heavy atom. The molecule has 158 valence electrons. The normalized spacial score (nSPS) is 25.3. The standard InChI is InChI=1S/C23H26N2O4S/c1-15-5-4-6-17(11-15)30(28,29)24-13-20-23(18-7-2-3-8-19(18)24)21(14-26)25(20)22(27)12-16-9-10-16/h2-8,11,16,20-21,23,26H,9-10,12-14H2,1H3/t20-,21+,23+/m0/s1. The second kappa shape index (κ2) is 7.10. The highest BCUT2D eigenvalue weighted by Crippen LogP contribution is 2.50. The van der Waals surface area contributed by atoms with Gasteiger partial charge in [0.05, 0.1) is 35.8 Å². The Balaban J connectivity index is 1.55. The van der Waals surface area contributed by atoms with Crippen LogP contribution in [0.5, 0.6) is 0 Å². The molecule has 2 fully saturated rings. The Morgan fingerprint density at radius 2 is 1.90 bits per heavy atom. The summed E-state index contributed by atoms with van der Waals surface area (Å²) in [6.45, 7) is 1.97. The number of sulfonamides is 1. The molecule has 30 heavy (non-hydrogen) atoms. The summed E-state index contributed by atoms with van der Waals surface area (Å²) in [5.74, 6) is 0.433. The van der Waals surface area contributed by atoms with Crippen molar-refractivity contribution in [2.45, 2.75) is 49.1 Å². The summed E-state index contributed by atoms with van der Waals surface area (Å²) in [7, 11) is -3.77. The summed E-state index contributed by atoms with van der Waals surface area (Å²) in [4.78, 5) is 14.9. The van der Waals surface area contributed by atoms with Crippen molar-refractivity contribution in [2.75, 3.05) is 17.5 Å². The first-order chi connectivity index (χ1) is 14.4. The van der Waals surface area contributed by atoms with Gasteiger partial charge in [-0.3, -0.25) is 9.10 Å². The summed E-state index contributed by atoms with van der Waals surface area (Å²) >= 11 is 0. The van der Waals surface area contributed by atoms with E-state index in [0.717, 1.165) is 24.0 Å². The molecular formula is C23H26N2O4S. The number of anilines is 1. The Bertz CT molecular complexity index is 1100. The number of carbonyl (C=O) groups excluding carboxylic acids is 1. The van der Waals surface area contributed by atoms with Crippen LogP contribution in [0.2, 0.25) is 0 Å². The molecule has 1 N–H and O–H groups in total. The second-order valence-corrected chi connectivity index (χ2v) is 10.6. The number of rotatable bonds is 5. The van der Waals surface area contributed by atoms with Crippen LogP contribution >= 0.6 is 0 Å². The molecule has 6 nitrogen and oxygen atoms in total. The van der Waals surface area contributed by atoms with Gasteiger partial charge in [-0.2, -0.15) is 0 Å². The zero-order chi connectivity index (χ0) is 21.0. The molecule has 7 heteroatoms. The van der Waals surface area contributed by atoms with Crippen molar-refractivity contribution in [3.05, 3.63) is 59.7 Å². The molecule has 0 unspecified atom stereocenters. The van der Waals surface area contributed by atoms with Crippen molar-refractivity contribution in [2.24, 2.45) is 5.92 Å². The summed E-state index contributed by atoms with van der Waals surface area (Å²) in [5, 5.41) is 10.0. The van der Waals surface area contributed by atoms with Gasteiger partial charge in [0.2, 0.25) is 5.91 Å². The van der Waals surface area contributed by atoms with Gasteiger partial charge >= 0.3 is 0 Å². The summed E-state index contributed by atoms with van der Waals surface area (Å²) < 4.78 is 28.6. The van der Waals surface area contributed by atoms with E-state index in [1.165, 1.54) is 4.31 Å². The molecule has 0 bridgehead atoms. The van der Waals surface area contributed by atoms with E-state index >= 15 is 0 Å². The molecule has 0 aromatic heterocycles. The number of aryl methyl sites for hydroxylation is 1. The highest BCUT2D eigenvalue weighted by molar-refractivity contribution is 7.92. The minimum absolute atomic E-state index is 0.0325. The van der Waals surface area contributed by atoms with E-state index in [1.54, 1.807) is 23.1 Å². The number of benzene rings is 2. The van der Waals surface area contributed by atoms with Crippen LogP contribution in [0.3, 0.4) is 0 Å². The van der Waals surface area contributed by atoms with Crippen molar-refractivity contribution < 1.29 is 18.3 Å². The lowest BCUT2D eigenvalue weighted by Crippen LogP contribution is -2.70. The van der Waals surface area contributed by atoms with Gasteiger partial charge in [0.25, 0.3) is 10.0 Å². The Kier molecular flexibility index (Phi) is 4.63. The van der Waals surface area contributed by atoms with Crippen LogP contribution in [0.25, 0.3) is 0 Å². The van der Waals surface area contributed by atoms with Crippen molar-refractivity contribution in [1.82, 2.24) is 4.90 Å². The molecule has 2 aromatic carbocycles. The van der Waals surface area contributed by atoms with E-state index in [-0.39, 0.29) is 42.0 Å². The average molecular weight is 427 g/mol. The number of para-hydroxylation sites is 1. The molecule has 3 aliphatic rings. The molecule has 2 aliphatic heterocycles. The fourth-order valence-corrected chi connectivity index (χ4v) is 6.62. The Morgan fingerprint density at radius 1 is 1.13 bits per heavy atom. The minimum Gasteiger partial charge on any atom is -0.394 e. The number of aliphatic hydroxyl groups is 1. The van der Waals surface area contributed by atoms with Crippen LogP contribution in [-0.2, 0) is 14.8 Å². The number of likely N-dealkylation sites (tertiary alicyclic amines) is 1. The van der Waals surface area contributed by atoms with E-state index in [0.29, 0.717) is 18.0 Å². The highest BCUT2D eigenvalue weighted by Gasteiger charge is 2.56. The van der Waals surface area contributed by atoms with Crippen LogP contribution in [0.4, 0.5) is 5.69 Å². The summed E-state index contributed by atoms with van der Waals surface area (Å²) in [5.41, 5.74) is 2.41. The zero-order valence-electron chi connectivity index (χ0n) is 16.9. The molecule has 2 heterocycles. The van der Waals surface area contributed by atoms with Gasteiger partial charge in [-0.05, 0) is 55.0 Å². The number of hydrogen-bond acceptors (Lipinski definition) is 4. The first-order valence-electron chi connectivity index (χ1n) is 10.5. The predicted octanol–water partition coefficient (Wildman–Crippen LogP) is 2.66. The van der Waals surface area contributed by atoms with Crippen molar-refractivity contribution in [3.8, 4) is 0 Å². The maximum Gasteiger partial charge on any atom is 0.264 e. The van der Waals surface area contributed by atoms with Crippen LogP contribution < -0.4 is 4.31 Å². The van der Waals surface area contributed by atoms with E-state index < -0.39 is 10.0 Å². The SMILES string of the molecule is Cc1cccc(S(=O)(=O)N2C[C@H]3[C@@H](c4ccccc42)[C@@H](CO)N3C(=O)CC2CC2)c1. The monoisotopic (exact) mass is 426 g/mol. The average Bonchev–Trinajstić information content (AvgIpc) is 3.52.